The van der Waals surface area contributed by atoms with Gasteiger partial charge in [-0.3, -0.25) is 0 Å². The second-order valence-corrected chi connectivity index (χ2v) is 4.02. The Labute approximate surface area is 75.8 Å². The van der Waals surface area contributed by atoms with Gasteiger partial charge in [0.15, 0.2) is 0 Å². The Balaban J connectivity index is 2.35. The SMILES string of the molecule is CCC[N+]1(CCCO)CCCC1. The molecule has 1 aliphatic rings. The van der Waals surface area contributed by atoms with Gasteiger partial charge in [-0.1, -0.05) is 6.92 Å². The van der Waals surface area contributed by atoms with E-state index >= 15 is 0 Å². The predicted octanol–water partition coefficient (Wildman–Crippen LogP) is 1.39. The summed E-state index contributed by atoms with van der Waals surface area (Å²) < 4.78 is 1.29. The van der Waals surface area contributed by atoms with Crippen molar-refractivity contribution in [3.63, 3.8) is 0 Å². The quantitative estimate of drug-likeness (QED) is 0.621. The van der Waals surface area contributed by atoms with Crippen LogP contribution in [0.25, 0.3) is 0 Å². The minimum Gasteiger partial charge on any atom is -0.396 e. The maximum atomic E-state index is 8.80. The van der Waals surface area contributed by atoms with Crippen molar-refractivity contribution in [1.82, 2.24) is 0 Å². The summed E-state index contributed by atoms with van der Waals surface area (Å²) in [5.41, 5.74) is 0. The van der Waals surface area contributed by atoms with E-state index in [1.54, 1.807) is 0 Å². The lowest BCUT2D eigenvalue weighted by Gasteiger charge is -2.33. The highest BCUT2D eigenvalue weighted by atomic mass is 16.3. The molecule has 0 unspecified atom stereocenters. The van der Waals surface area contributed by atoms with E-state index in [9.17, 15) is 0 Å². The molecule has 1 saturated heterocycles. The Morgan fingerprint density at radius 2 is 1.83 bits per heavy atom. The predicted molar refractivity (Wildman–Crippen MR) is 51.0 cm³/mol. The third-order valence-electron chi connectivity index (χ3n) is 3.00. The van der Waals surface area contributed by atoms with Gasteiger partial charge in [-0.2, -0.15) is 0 Å². The van der Waals surface area contributed by atoms with Crippen LogP contribution in [0.3, 0.4) is 0 Å². The third kappa shape index (κ3) is 2.46. The van der Waals surface area contributed by atoms with Crippen molar-refractivity contribution in [2.75, 3.05) is 32.8 Å². The monoisotopic (exact) mass is 172 g/mol. The fourth-order valence-corrected chi connectivity index (χ4v) is 2.45. The van der Waals surface area contributed by atoms with Crippen LogP contribution in [0.2, 0.25) is 0 Å². The fourth-order valence-electron chi connectivity index (χ4n) is 2.45. The number of hydrogen-bond donors (Lipinski definition) is 1. The lowest BCUT2D eigenvalue weighted by Crippen LogP contribution is -2.46. The van der Waals surface area contributed by atoms with Crippen LogP contribution in [-0.4, -0.2) is 42.4 Å². The highest BCUT2D eigenvalue weighted by molar-refractivity contribution is 4.54. The summed E-state index contributed by atoms with van der Waals surface area (Å²) in [6.45, 7) is 7.85. The minimum absolute atomic E-state index is 0.365. The van der Waals surface area contributed by atoms with Gasteiger partial charge in [0, 0.05) is 25.9 Å². The molecule has 0 bridgehead atoms. The Bertz CT molecular complexity index is 119. The zero-order valence-electron chi connectivity index (χ0n) is 8.26. The first-order valence-corrected chi connectivity index (χ1v) is 5.29. The van der Waals surface area contributed by atoms with Crippen LogP contribution in [0.15, 0.2) is 0 Å². The first-order valence-electron chi connectivity index (χ1n) is 5.29. The lowest BCUT2D eigenvalue weighted by atomic mass is 10.3. The Kier molecular flexibility index (Phi) is 4.02. The number of likely N-dealkylation sites (tertiary alicyclic amines) is 1. The molecule has 2 heteroatoms. The van der Waals surface area contributed by atoms with Crippen LogP contribution in [-0.2, 0) is 0 Å². The molecule has 2 nitrogen and oxygen atoms in total. The summed E-state index contributed by atoms with van der Waals surface area (Å²) in [4.78, 5) is 0. The van der Waals surface area contributed by atoms with Gasteiger partial charge in [-0.15, -0.1) is 0 Å². The molecule has 0 aromatic rings. The number of aliphatic hydroxyl groups excluding tert-OH is 1. The molecule has 1 N–H and O–H groups in total. The molecule has 0 saturated carbocycles. The van der Waals surface area contributed by atoms with Gasteiger partial charge in [0.1, 0.15) is 0 Å². The van der Waals surface area contributed by atoms with Crippen LogP contribution in [0.4, 0.5) is 0 Å². The van der Waals surface area contributed by atoms with Crippen molar-refractivity contribution < 1.29 is 9.59 Å². The number of quaternary nitrogens is 1. The topological polar surface area (TPSA) is 20.2 Å². The zero-order valence-corrected chi connectivity index (χ0v) is 8.26. The van der Waals surface area contributed by atoms with Crippen molar-refractivity contribution in [2.45, 2.75) is 32.6 Å². The maximum absolute atomic E-state index is 8.80. The summed E-state index contributed by atoms with van der Waals surface area (Å²) in [5, 5.41) is 8.80. The van der Waals surface area contributed by atoms with Crippen molar-refractivity contribution in [3.05, 3.63) is 0 Å². The fraction of sp³-hybridized carbons (Fsp3) is 1.00. The van der Waals surface area contributed by atoms with E-state index in [4.69, 9.17) is 5.11 Å². The van der Waals surface area contributed by atoms with Crippen LogP contribution >= 0.6 is 0 Å². The van der Waals surface area contributed by atoms with Crippen LogP contribution in [0.5, 0.6) is 0 Å². The lowest BCUT2D eigenvalue weighted by molar-refractivity contribution is -0.917. The summed E-state index contributed by atoms with van der Waals surface area (Å²) in [5.74, 6) is 0. The summed E-state index contributed by atoms with van der Waals surface area (Å²) >= 11 is 0. The Morgan fingerprint density at radius 3 is 2.33 bits per heavy atom. The molecule has 0 aromatic heterocycles. The van der Waals surface area contributed by atoms with Crippen LogP contribution in [0.1, 0.15) is 32.6 Å². The van der Waals surface area contributed by atoms with Gasteiger partial charge in [0.05, 0.1) is 26.2 Å². The Hall–Kier alpha value is -0.0800. The smallest absolute Gasteiger partial charge is 0.0808 e. The first-order chi connectivity index (χ1) is 5.83. The van der Waals surface area contributed by atoms with Crippen molar-refractivity contribution in [3.8, 4) is 0 Å². The molecule has 0 atom stereocenters. The van der Waals surface area contributed by atoms with E-state index in [2.05, 4.69) is 6.92 Å². The largest absolute Gasteiger partial charge is 0.396 e. The second-order valence-electron chi connectivity index (χ2n) is 4.02. The van der Waals surface area contributed by atoms with Gasteiger partial charge < -0.3 is 9.59 Å². The van der Waals surface area contributed by atoms with Crippen molar-refractivity contribution >= 4 is 0 Å². The number of aliphatic hydroxyl groups is 1. The molecule has 1 heterocycles. The van der Waals surface area contributed by atoms with Gasteiger partial charge in [-0.05, 0) is 6.42 Å². The van der Waals surface area contributed by atoms with Crippen molar-refractivity contribution in [2.24, 2.45) is 0 Å². The van der Waals surface area contributed by atoms with Gasteiger partial charge >= 0.3 is 0 Å². The molecule has 0 amide bonds. The standard InChI is InChI=1S/C10H22NO/c1-2-6-11(9-5-10-12)7-3-4-8-11/h12H,2-10H2,1H3/q+1. The van der Waals surface area contributed by atoms with E-state index in [1.165, 1.54) is 49.9 Å². The number of rotatable bonds is 5. The van der Waals surface area contributed by atoms with Crippen LogP contribution < -0.4 is 0 Å². The molecular formula is C10H22NO+. The molecule has 72 valence electrons. The highest BCUT2D eigenvalue weighted by Gasteiger charge is 2.29. The van der Waals surface area contributed by atoms with Crippen molar-refractivity contribution in [1.29, 1.82) is 0 Å². The summed E-state index contributed by atoms with van der Waals surface area (Å²) in [6, 6.07) is 0. The molecular weight excluding hydrogens is 150 g/mol. The molecule has 0 aromatic carbocycles. The molecule has 0 radical (unpaired) electrons. The maximum Gasteiger partial charge on any atom is 0.0808 e. The number of hydrogen-bond acceptors (Lipinski definition) is 1. The molecule has 0 spiro atoms. The summed E-state index contributed by atoms with van der Waals surface area (Å²) in [7, 11) is 0. The zero-order chi connectivity index (χ0) is 8.86. The third-order valence-corrected chi connectivity index (χ3v) is 3.00. The Morgan fingerprint density at radius 1 is 1.17 bits per heavy atom. The normalized spacial score (nSPS) is 21.5. The molecule has 1 fully saturated rings. The van der Waals surface area contributed by atoms with E-state index in [-0.39, 0.29) is 0 Å². The average Bonchev–Trinajstić information content (AvgIpc) is 2.51. The highest BCUT2D eigenvalue weighted by Crippen LogP contribution is 2.20. The van der Waals surface area contributed by atoms with Gasteiger partial charge in [0.2, 0.25) is 0 Å². The average molecular weight is 172 g/mol. The minimum atomic E-state index is 0.365. The number of nitrogens with zero attached hydrogens (tertiary/aromatic N) is 1. The van der Waals surface area contributed by atoms with E-state index in [1.807, 2.05) is 0 Å². The van der Waals surface area contributed by atoms with E-state index in [0.29, 0.717) is 6.61 Å². The van der Waals surface area contributed by atoms with Gasteiger partial charge in [-0.25, -0.2) is 0 Å². The van der Waals surface area contributed by atoms with E-state index in [0.717, 1.165) is 6.42 Å². The second kappa shape index (κ2) is 4.83. The van der Waals surface area contributed by atoms with E-state index < -0.39 is 0 Å². The molecule has 1 rings (SSSR count). The van der Waals surface area contributed by atoms with Gasteiger partial charge in [0.25, 0.3) is 0 Å². The first kappa shape index (κ1) is 10.0. The molecule has 12 heavy (non-hydrogen) atoms. The molecule has 0 aliphatic carbocycles. The van der Waals surface area contributed by atoms with Crippen LogP contribution in [0, 0.1) is 0 Å². The summed E-state index contributed by atoms with van der Waals surface area (Å²) in [6.07, 6.45) is 5.06. The molecule has 1 aliphatic heterocycles.